The number of aromatic nitrogens is 3. The smallest absolute Gasteiger partial charge is 0.309 e. The maximum absolute atomic E-state index is 12.7. The van der Waals surface area contributed by atoms with E-state index in [0.29, 0.717) is 49.8 Å². The van der Waals surface area contributed by atoms with Crippen LogP contribution in [0.4, 0.5) is 0 Å². The first-order chi connectivity index (χ1) is 17.1. The van der Waals surface area contributed by atoms with Crippen molar-refractivity contribution in [2.75, 3.05) is 25.4 Å². The highest BCUT2D eigenvalue weighted by Crippen LogP contribution is 2.32. The maximum atomic E-state index is 12.7. The van der Waals surface area contributed by atoms with Gasteiger partial charge in [0.05, 0.1) is 17.5 Å². The topological polar surface area (TPSA) is 77.3 Å². The highest BCUT2D eigenvalue weighted by Gasteiger charge is 2.28. The van der Waals surface area contributed by atoms with Gasteiger partial charge in [-0.05, 0) is 50.5 Å². The van der Waals surface area contributed by atoms with E-state index in [9.17, 15) is 9.59 Å². The quantitative estimate of drug-likeness (QED) is 0.221. The predicted molar refractivity (Wildman–Crippen MR) is 138 cm³/mol. The number of carbonyl (C=O) groups excluding carboxylic acids is 2. The van der Waals surface area contributed by atoms with Crippen LogP contribution in [0.3, 0.4) is 0 Å². The van der Waals surface area contributed by atoms with Crippen LogP contribution in [0.15, 0.2) is 59.8 Å². The summed E-state index contributed by atoms with van der Waals surface area (Å²) in [6.45, 7) is 3.43. The van der Waals surface area contributed by atoms with Gasteiger partial charge in [-0.25, -0.2) is 0 Å². The standard InChI is InChI=1S/C26H29ClN4O3S/c1-2-34-25(33)19-14-16-30(17-15-19)23(32)13-8-18-35-26-29-28-24(21-11-6-7-12-22(21)27)31(26)20-9-4-3-5-10-20/h3-7,9-12,19H,2,8,13-18H2,1H3. The fourth-order valence-electron chi connectivity index (χ4n) is 4.16. The van der Waals surface area contributed by atoms with Crippen molar-refractivity contribution in [2.24, 2.45) is 5.92 Å². The Bertz CT molecular complexity index is 1150. The fraction of sp³-hybridized carbons (Fsp3) is 0.385. The van der Waals surface area contributed by atoms with Crippen molar-refractivity contribution in [1.82, 2.24) is 19.7 Å². The number of rotatable bonds is 9. The first-order valence-electron chi connectivity index (χ1n) is 11.9. The zero-order valence-electron chi connectivity index (χ0n) is 19.7. The van der Waals surface area contributed by atoms with E-state index in [1.807, 2.05) is 71.0 Å². The van der Waals surface area contributed by atoms with E-state index < -0.39 is 0 Å². The zero-order valence-corrected chi connectivity index (χ0v) is 21.3. The van der Waals surface area contributed by atoms with Crippen LogP contribution in [0.25, 0.3) is 17.1 Å². The van der Waals surface area contributed by atoms with Crippen LogP contribution in [0.2, 0.25) is 5.02 Å². The third kappa shape index (κ3) is 6.24. The number of benzene rings is 2. The molecule has 1 aromatic heterocycles. The van der Waals surface area contributed by atoms with Gasteiger partial charge in [0.1, 0.15) is 0 Å². The van der Waals surface area contributed by atoms with E-state index in [0.717, 1.165) is 28.6 Å². The molecule has 0 aliphatic carbocycles. The molecular weight excluding hydrogens is 484 g/mol. The third-order valence-corrected chi connectivity index (χ3v) is 7.34. The molecule has 3 aromatic rings. The molecule has 1 fully saturated rings. The Balaban J connectivity index is 1.35. The lowest BCUT2D eigenvalue weighted by Crippen LogP contribution is -2.40. The average Bonchev–Trinajstić information content (AvgIpc) is 3.31. The molecule has 0 spiro atoms. The number of piperidine rings is 1. The SMILES string of the molecule is CCOC(=O)C1CCN(C(=O)CCCSc2nnc(-c3ccccc3Cl)n2-c2ccccc2)CC1. The molecule has 0 unspecified atom stereocenters. The van der Waals surface area contributed by atoms with Crippen LogP contribution in [-0.4, -0.2) is 57.0 Å². The summed E-state index contributed by atoms with van der Waals surface area (Å²) >= 11 is 8.03. The maximum Gasteiger partial charge on any atom is 0.309 e. The molecule has 0 radical (unpaired) electrons. The van der Waals surface area contributed by atoms with Gasteiger partial charge in [-0.15, -0.1) is 10.2 Å². The van der Waals surface area contributed by atoms with E-state index in [2.05, 4.69) is 10.2 Å². The molecule has 4 rings (SSSR count). The van der Waals surface area contributed by atoms with Crippen LogP contribution in [0.1, 0.15) is 32.6 Å². The van der Waals surface area contributed by atoms with E-state index in [4.69, 9.17) is 16.3 Å². The summed E-state index contributed by atoms with van der Waals surface area (Å²) in [6.07, 6.45) is 2.53. The van der Waals surface area contributed by atoms with Crippen LogP contribution in [-0.2, 0) is 14.3 Å². The molecule has 35 heavy (non-hydrogen) atoms. The lowest BCUT2D eigenvalue weighted by molar-refractivity contribution is -0.151. The number of thioether (sulfide) groups is 1. The van der Waals surface area contributed by atoms with Gasteiger partial charge in [-0.3, -0.25) is 14.2 Å². The van der Waals surface area contributed by atoms with Crippen LogP contribution < -0.4 is 0 Å². The molecule has 7 nitrogen and oxygen atoms in total. The second kappa shape index (κ2) is 12.2. The Morgan fingerprint density at radius 2 is 1.77 bits per heavy atom. The van der Waals surface area contributed by atoms with Crippen LogP contribution in [0.5, 0.6) is 0 Å². The first-order valence-corrected chi connectivity index (χ1v) is 13.3. The van der Waals surface area contributed by atoms with Gasteiger partial charge in [-0.2, -0.15) is 0 Å². The minimum absolute atomic E-state index is 0.0915. The van der Waals surface area contributed by atoms with Crippen LogP contribution in [0, 0.1) is 5.92 Å². The molecule has 1 saturated heterocycles. The van der Waals surface area contributed by atoms with Crippen molar-refractivity contribution < 1.29 is 14.3 Å². The highest BCUT2D eigenvalue weighted by molar-refractivity contribution is 7.99. The van der Waals surface area contributed by atoms with Crippen molar-refractivity contribution in [3.05, 3.63) is 59.6 Å². The normalized spacial score (nSPS) is 14.2. The Hall–Kier alpha value is -2.84. The van der Waals surface area contributed by atoms with Gasteiger partial charge in [-0.1, -0.05) is 53.7 Å². The summed E-state index contributed by atoms with van der Waals surface area (Å²) in [5.74, 6) is 1.32. The van der Waals surface area contributed by atoms with E-state index in [-0.39, 0.29) is 17.8 Å². The molecule has 1 aliphatic rings. The molecule has 2 aromatic carbocycles. The van der Waals surface area contributed by atoms with E-state index >= 15 is 0 Å². The summed E-state index contributed by atoms with van der Waals surface area (Å²) in [4.78, 5) is 26.5. The Labute approximate surface area is 214 Å². The lowest BCUT2D eigenvalue weighted by atomic mass is 9.97. The third-order valence-electron chi connectivity index (χ3n) is 6.00. The second-order valence-corrected chi connectivity index (χ2v) is 9.79. The summed E-state index contributed by atoms with van der Waals surface area (Å²) in [5.41, 5.74) is 1.77. The lowest BCUT2D eigenvalue weighted by Gasteiger charge is -2.31. The zero-order chi connectivity index (χ0) is 24.6. The molecule has 0 atom stereocenters. The van der Waals surface area contributed by atoms with Gasteiger partial charge < -0.3 is 9.64 Å². The molecule has 9 heteroatoms. The van der Waals surface area contributed by atoms with Crippen molar-refractivity contribution >= 4 is 35.2 Å². The number of amides is 1. The first kappa shape index (κ1) is 25.3. The molecule has 0 bridgehead atoms. The van der Waals surface area contributed by atoms with E-state index in [1.165, 1.54) is 0 Å². The molecule has 1 amide bonds. The highest BCUT2D eigenvalue weighted by atomic mass is 35.5. The van der Waals surface area contributed by atoms with Gasteiger partial charge in [0.25, 0.3) is 0 Å². The minimum Gasteiger partial charge on any atom is -0.466 e. The number of nitrogens with zero attached hydrogens (tertiary/aromatic N) is 4. The van der Waals surface area contributed by atoms with Crippen LogP contribution >= 0.6 is 23.4 Å². The summed E-state index contributed by atoms with van der Waals surface area (Å²) < 4.78 is 7.12. The number of halogens is 1. The number of hydrogen-bond acceptors (Lipinski definition) is 6. The van der Waals surface area contributed by atoms with Gasteiger partial charge >= 0.3 is 5.97 Å². The van der Waals surface area contributed by atoms with Gasteiger partial charge in [0, 0.05) is 36.5 Å². The number of hydrogen-bond donors (Lipinski definition) is 0. The Kier molecular flexibility index (Phi) is 8.82. The summed E-state index contributed by atoms with van der Waals surface area (Å²) in [6, 6.07) is 17.5. The summed E-state index contributed by atoms with van der Waals surface area (Å²) in [7, 11) is 0. The Morgan fingerprint density at radius 1 is 1.06 bits per heavy atom. The number of para-hydroxylation sites is 1. The second-order valence-electron chi connectivity index (χ2n) is 8.32. The van der Waals surface area contributed by atoms with Gasteiger partial charge in [0.2, 0.25) is 5.91 Å². The van der Waals surface area contributed by atoms with Crippen molar-refractivity contribution in [2.45, 2.75) is 37.8 Å². The fourth-order valence-corrected chi connectivity index (χ4v) is 5.27. The number of carbonyl (C=O) groups is 2. The molecule has 2 heterocycles. The average molecular weight is 513 g/mol. The number of esters is 1. The minimum atomic E-state index is -0.144. The predicted octanol–water partition coefficient (Wildman–Crippen LogP) is 5.26. The molecule has 0 N–H and O–H groups in total. The number of ether oxygens (including phenoxy) is 1. The number of likely N-dealkylation sites (tertiary alicyclic amines) is 1. The monoisotopic (exact) mass is 512 g/mol. The molecule has 184 valence electrons. The van der Waals surface area contributed by atoms with E-state index in [1.54, 1.807) is 11.8 Å². The molecular formula is C26H29ClN4O3S. The van der Waals surface area contributed by atoms with Crippen molar-refractivity contribution in [3.8, 4) is 17.1 Å². The van der Waals surface area contributed by atoms with Gasteiger partial charge in [0.15, 0.2) is 11.0 Å². The summed E-state index contributed by atoms with van der Waals surface area (Å²) in [5, 5.41) is 10.2. The molecule has 0 saturated carbocycles. The largest absolute Gasteiger partial charge is 0.466 e. The van der Waals surface area contributed by atoms with Crippen molar-refractivity contribution in [3.63, 3.8) is 0 Å². The Morgan fingerprint density at radius 3 is 2.49 bits per heavy atom. The van der Waals surface area contributed by atoms with Crippen molar-refractivity contribution in [1.29, 1.82) is 0 Å². The molecule has 1 aliphatic heterocycles.